The third kappa shape index (κ3) is 4.19. The summed E-state index contributed by atoms with van der Waals surface area (Å²) in [6, 6.07) is 15.8. The molecule has 0 fully saturated rings. The van der Waals surface area contributed by atoms with Crippen molar-refractivity contribution in [3.8, 4) is 5.75 Å². The van der Waals surface area contributed by atoms with Crippen LogP contribution in [0.2, 0.25) is 0 Å². The topological polar surface area (TPSA) is 26.3 Å². The van der Waals surface area contributed by atoms with E-state index in [-0.39, 0.29) is 5.78 Å². The van der Waals surface area contributed by atoms with Crippen molar-refractivity contribution in [3.63, 3.8) is 0 Å². The third-order valence-electron chi connectivity index (χ3n) is 3.70. The molecule has 110 valence electrons. The van der Waals surface area contributed by atoms with Crippen molar-refractivity contribution in [3.05, 3.63) is 65.2 Å². The van der Waals surface area contributed by atoms with Crippen LogP contribution in [0.3, 0.4) is 0 Å². The van der Waals surface area contributed by atoms with Gasteiger partial charge < -0.3 is 4.74 Å². The van der Waals surface area contributed by atoms with Gasteiger partial charge in [-0.05, 0) is 47.7 Å². The number of ether oxygens (including phenoxy) is 1. The fourth-order valence-electron chi connectivity index (χ4n) is 2.25. The van der Waals surface area contributed by atoms with Gasteiger partial charge >= 0.3 is 0 Å². The van der Waals surface area contributed by atoms with E-state index in [0.29, 0.717) is 12.3 Å². The van der Waals surface area contributed by atoms with E-state index in [1.165, 1.54) is 11.1 Å². The number of rotatable bonds is 6. The van der Waals surface area contributed by atoms with Crippen LogP contribution in [-0.4, -0.2) is 12.9 Å². The number of ketones is 1. The predicted molar refractivity (Wildman–Crippen MR) is 86.2 cm³/mol. The van der Waals surface area contributed by atoms with Crippen molar-refractivity contribution in [2.45, 2.75) is 32.6 Å². The Labute approximate surface area is 126 Å². The van der Waals surface area contributed by atoms with Gasteiger partial charge in [-0.1, -0.05) is 38.1 Å². The second-order valence-electron chi connectivity index (χ2n) is 5.55. The zero-order chi connectivity index (χ0) is 15.2. The Morgan fingerprint density at radius 1 is 1.00 bits per heavy atom. The molecule has 0 unspecified atom stereocenters. The number of carbonyl (C=O) groups excluding carboxylic acids is 1. The van der Waals surface area contributed by atoms with Crippen LogP contribution in [0.25, 0.3) is 0 Å². The van der Waals surface area contributed by atoms with Gasteiger partial charge in [0.15, 0.2) is 5.78 Å². The van der Waals surface area contributed by atoms with Crippen molar-refractivity contribution in [1.29, 1.82) is 0 Å². The maximum Gasteiger partial charge on any atom is 0.163 e. The van der Waals surface area contributed by atoms with Crippen molar-refractivity contribution >= 4 is 5.78 Å². The van der Waals surface area contributed by atoms with Crippen LogP contribution in [-0.2, 0) is 6.42 Å². The summed E-state index contributed by atoms with van der Waals surface area (Å²) in [5, 5.41) is 0. The lowest BCUT2D eigenvalue weighted by atomic mass is 9.98. The fraction of sp³-hybridized carbons (Fsp3) is 0.316. The van der Waals surface area contributed by atoms with Crippen molar-refractivity contribution in [2.75, 3.05) is 7.11 Å². The SMILES string of the molecule is COc1ccc(C(=O)CCc2ccc(C(C)C)cc2)cc1. The monoisotopic (exact) mass is 282 g/mol. The maximum absolute atomic E-state index is 12.2. The molecule has 0 radical (unpaired) electrons. The number of hydrogen-bond donors (Lipinski definition) is 0. The molecule has 2 heteroatoms. The average molecular weight is 282 g/mol. The Morgan fingerprint density at radius 3 is 2.14 bits per heavy atom. The quantitative estimate of drug-likeness (QED) is 0.722. The summed E-state index contributed by atoms with van der Waals surface area (Å²) in [5.74, 6) is 1.49. The van der Waals surface area contributed by atoms with Crippen molar-refractivity contribution < 1.29 is 9.53 Å². The Balaban J connectivity index is 1.93. The van der Waals surface area contributed by atoms with E-state index in [9.17, 15) is 4.79 Å². The van der Waals surface area contributed by atoms with Crippen LogP contribution >= 0.6 is 0 Å². The summed E-state index contributed by atoms with van der Waals surface area (Å²) >= 11 is 0. The van der Waals surface area contributed by atoms with E-state index in [1.807, 2.05) is 24.3 Å². The zero-order valence-corrected chi connectivity index (χ0v) is 12.9. The van der Waals surface area contributed by atoms with Gasteiger partial charge in [0.05, 0.1) is 7.11 Å². The molecule has 0 amide bonds. The van der Waals surface area contributed by atoms with Gasteiger partial charge in [0, 0.05) is 12.0 Å². The minimum Gasteiger partial charge on any atom is -0.497 e. The lowest BCUT2D eigenvalue weighted by Crippen LogP contribution is -2.01. The molecule has 0 bridgehead atoms. The number of Topliss-reactive ketones (excluding diaryl/α,β-unsaturated/α-hetero) is 1. The molecule has 0 aliphatic rings. The molecular formula is C19H22O2. The normalized spacial score (nSPS) is 10.7. The van der Waals surface area contributed by atoms with E-state index in [1.54, 1.807) is 7.11 Å². The standard InChI is InChI=1S/C19H22O2/c1-14(2)16-7-4-15(5-8-16)6-13-19(20)17-9-11-18(21-3)12-10-17/h4-5,7-12,14H,6,13H2,1-3H3. The molecule has 0 aliphatic carbocycles. The molecular weight excluding hydrogens is 260 g/mol. The summed E-state index contributed by atoms with van der Waals surface area (Å²) < 4.78 is 5.10. The predicted octanol–water partition coefficient (Wildman–Crippen LogP) is 4.63. The first kappa shape index (κ1) is 15.3. The zero-order valence-electron chi connectivity index (χ0n) is 12.9. The number of aryl methyl sites for hydroxylation is 1. The fourth-order valence-corrected chi connectivity index (χ4v) is 2.25. The molecule has 2 aromatic carbocycles. The van der Waals surface area contributed by atoms with Crippen molar-refractivity contribution in [1.82, 2.24) is 0 Å². The van der Waals surface area contributed by atoms with Crippen LogP contribution in [0.15, 0.2) is 48.5 Å². The number of methoxy groups -OCH3 is 1. The minimum atomic E-state index is 0.172. The van der Waals surface area contributed by atoms with Crippen molar-refractivity contribution in [2.24, 2.45) is 0 Å². The molecule has 2 nitrogen and oxygen atoms in total. The Kier molecular flexibility index (Phi) is 5.15. The van der Waals surface area contributed by atoms with Gasteiger partial charge in [0.1, 0.15) is 5.75 Å². The largest absolute Gasteiger partial charge is 0.497 e. The molecule has 0 aromatic heterocycles. The highest BCUT2D eigenvalue weighted by Gasteiger charge is 2.07. The summed E-state index contributed by atoms with van der Waals surface area (Å²) in [6.45, 7) is 4.37. The van der Waals surface area contributed by atoms with Gasteiger partial charge in [-0.15, -0.1) is 0 Å². The molecule has 0 saturated carbocycles. The molecule has 0 saturated heterocycles. The van der Waals surface area contributed by atoms with Gasteiger partial charge in [0.2, 0.25) is 0 Å². The van der Waals surface area contributed by atoms with E-state index >= 15 is 0 Å². The summed E-state index contributed by atoms with van der Waals surface area (Å²) in [7, 11) is 1.62. The number of benzene rings is 2. The maximum atomic E-state index is 12.2. The van der Waals surface area contributed by atoms with Crippen LogP contribution < -0.4 is 4.74 Å². The Morgan fingerprint density at radius 2 is 1.62 bits per heavy atom. The van der Waals surface area contributed by atoms with Crippen LogP contribution in [0.1, 0.15) is 47.7 Å². The van der Waals surface area contributed by atoms with Crippen LogP contribution in [0, 0.1) is 0 Å². The molecule has 2 aromatic rings. The Bertz CT molecular complexity index is 580. The molecule has 0 spiro atoms. The average Bonchev–Trinajstić information content (AvgIpc) is 2.53. The highest BCUT2D eigenvalue weighted by atomic mass is 16.5. The third-order valence-corrected chi connectivity index (χ3v) is 3.70. The lowest BCUT2D eigenvalue weighted by molar-refractivity contribution is 0.0983. The molecule has 0 aliphatic heterocycles. The molecule has 2 rings (SSSR count). The lowest BCUT2D eigenvalue weighted by Gasteiger charge is -2.07. The van der Waals surface area contributed by atoms with Crippen LogP contribution in [0.5, 0.6) is 5.75 Å². The van der Waals surface area contributed by atoms with E-state index in [2.05, 4.69) is 38.1 Å². The summed E-state index contributed by atoms with van der Waals surface area (Å²) in [5.41, 5.74) is 3.29. The number of hydrogen-bond acceptors (Lipinski definition) is 2. The Hall–Kier alpha value is -2.09. The van der Waals surface area contributed by atoms with E-state index in [0.717, 1.165) is 17.7 Å². The summed E-state index contributed by atoms with van der Waals surface area (Å²) in [4.78, 5) is 12.2. The smallest absolute Gasteiger partial charge is 0.163 e. The van der Waals surface area contributed by atoms with E-state index in [4.69, 9.17) is 4.74 Å². The van der Waals surface area contributed by atoms with E-state index < -0.39 is 0 Å². The molecule has 0 atom stereocenters. The first-order valence-corrected chi connectivity index (χ1v) is 7.36. The van der Waals surface area contributed by atoms with Gasteiger partial charge in [-0.3, -0.25) is 4.79 Å². The first-order valence-electron chi connectivity index (χ1n) is 7.36. The van der Waals surface area contributed by atoms with Gasteiger partial charge in [-0.2, -0.15) is 0 Å². The van der Waals surface area contributed by atoms with Crippen LogP contribution in [0.4, 0.5) is 0 Å². The first-order chi connectivity index (χ1) is 10.1. The van der Waals surface area contributed by atoms with Gasteiger partial charge in [0.25, 0.3) is 0 Å². The highest BCUT2D eigenvalue weighted by Crippen LogP contribution is 2.17. The number of carbonyl (C=O) groups is 1. The molecule has 0 N–H and O–H groups in total. The molecule has 0 heterocycles. The summed E-state index contributed by atoms with van der Waals surface area (Å²) in [6.07, 6.45) is 1.32. The minimum absolute atomic E-state index is 0.172. The van der Waals surface area contributed by atoms with Gasteiger partial charge in [-0.25, -0.2) is 0 Å². The molecule has 21 heavy (non-hydrogen) atoms. The second kappa shape index (κ2) is 7.07. The second-order valence-corrected chi connectivity index (χ2v) is 5.55. The highest BCUT2D eigenvalue weighted by molar-refractivity contribution is 5.96.